The number of Topliss-reactive ketones (excluding diaryl/α,β-unsaturated/α-hetero) is 1. The maximum atomic E-state index is 11.7. The summed E-state index contributed by atoms with van der Waals surface area (Å²) in [7, 11) is 0. The van der Waals surface area contributed by atoms with Crippen molar-refractivity contribution in [1.29, 1.82) is 0 Å². The standard InChI is InChI=1S/C9H11N5O2/c1-3(2)5(15)7-11-4-6(12-7)13-9(10)14-8(4)16/h3H,1-2H3,(H4,10,11,12,13,14,16)/p+1. The highest BCUT2D eigenvalue weighted by Crippen LogP contribution is 2.07. The number of nitrogens with zero attached hydrogens (tertiary/aromatic N) is 1. The van der Waals surface area contributed by atoms with Gasteiger partial charge in [-0.2, -0.15) is 0 Å². The molecule has 2 heterocycles. The quantitative estimate of drug-likeness (QED) is 0.592. The maximum absolute atomic E-state index is 11.7. The highest BCUT2D eigenvalue weighted by atomic mass is 16.1. The van der Waals surface area contributed by atoms with Crippen molar-refractivity contribution in [2.24, 2.45) is 5.92 Å². The van der Waals surface area contributed by atoms with Crippen LogP contribution in [0.3, 0.4) is 0 Å². The molecule has 0 bridgehead atoms. The Morgan fingerprint density at radius 2 is 2.12 bits per heavy atom. The summed E-state index contributed by atoms with van der Waals surface area (Å²) in [6.07, 6.45) is 0. The second-order valence-electron chi connectivity index (χ2n) is 3.82. The van der Waals surface area contributed by atoms with E-state index < -0.39 is 5.56 Å². The smallest absolute Gasteiger partial charge is 0.316 e. The number of fused-ring (bicyclic) bond motifs is 1. The van der Waals surface area contributed by atoms with Crippen LogP contribution in [0.4, 0.5) is 5.95 Å². The van der Waals surface area contributed by atoms with Crippen molar-refractivity contribution in [2.45, 2.75) is 13.8 Å². The summed E-state index contributed by atoms with van der Waals surface area (Å²) >= 11 is 0. The van der Waals surface area contributed by atoms with Crippen LogP contribution in [-0.2, 0) is 0 Å². The molecule has 84 valence electrons. The van der Waals surface area contributed by atoms with Crippen molar-refractivity contribution in [3.63, 3.8) is 0 Å². The highest BCUT2D eigenvalue weighted by Gasteiger charge is 2.20. The number of hydrogen-bond acceptors (Lipinski definition) is 4. The SMILES string of the molecule is CC(C)C(=O)c1nc2[nH+]c(N)[nH]c(=O)c2[nH]1. The molecule has 0 radical (unpaired) electrons. The van der Waals surface area contributed by atoms with Gasteiger partial charge in [0.05, 0.1) is 0 Å². The van der Waals surface area contributed by atoms with Crippen molar-refractivity contribution < 1.29 is 9.78 Å². The van der Waals surface area contributed by atoms with Gasteiger partial charge in [0, 0.05) is 5.92 Å². The van der Waals surface area contributed by atoms with E-state index in [1.807, 2.05) is 0 Å². The summed E-state index contributed by atoms with van der Waals surface area (Å²) in [6, 6.07) is 0. The van der Waals surface area contributed by atoms with E-state index >= 15 is 0 Å². The molecule has 2 rings (SSSR count). The van der Waals surface area contributed by atoms with E-state index in [1.54, 1.807) is 13.8 Å². The second kappa shape index (κ2) is 3.44. The van der Waals surface area contributed by atoms with E-state index in [4.69, 9.17) is 5.73 Å². The van der Waals surface area contributed by atoms with Gasteiger partial charge in [-0.25, -0.2) is 9.97 Å². The molecule has 16 heavy (non-hydrogen) atoms. The fourth-order valence-corrected chi connectivity index (χ4v) is 1.36. The zero-order valence-electron chi connectivity index (χ0n) is 8.92. The molecule has 0 unspecified atom stereocenters. The number of hydrogen-bond donors (Lipinski definition) is 3. The molecule has 0 fully saturated rings. The third-order valence-electron chi connectivity index (χ3n) is 2.19. The molecular formula is C9H12N5O2+. The topological polar surface area (TPSA) is 119 Å². The third-order valence-corrected chi connectivity index (χ3v) is 2.19. The van der Waals surface area contributed by atoms with Gasteiger partial charge in [-0.15, -0.1) is 4.98 Å². The van der Waals surface area contributed by atoms with Crippen LogP contribution >= 0.6 is 0 Å². The van der Waals surface area contributed by atoms with E-state index in [9.17, 15) is 9.59 Å². The number of carbonyl (C=O) groups is 1. The van der Waals surface area contributed by atoms with Gasteiger partial charge in [-0.05, 0) is 0 Å². The largest absolute Gasteiger partial charge is 0.322 e. The van der Waals surface area contributed by atoms with Gasteiger partial charge in [-0.3, -0.25) is 9.59 Å². The van der Waals surface area contributed by atoms with Crippen LogP contribution < -0.4 is 16.3 Å². The van der Waals surface area contributed by atoms with Crippen molar-refractivity contribution in [3.05, 3.63) is 16.2 Å². The lowest BCUT2D eigenvalue weighted by atomic mass is 10.1. The van der Waals surface area contributed by atoms with E-state index in [0.717, 1.165) is 0 Å². The molecule has 0 saturated heterocycles. The lowest BCUT2D eigenvalue weighted by molar-refractivity contribution is -0.333. The van der Waals surface area contributed by atoms with Crippen LogP contribution in [0.15, 0.2) is 4.79 Å². The Bertz CT molecular complexity index is 610. The summed E-state index contributed by atoms with van der Waals surface area (Å²) in [5.41, 5.74) is 5.52. The third kappa shape index (κ3) is 1.56. The summed E-state index contributed by atoms with van der Waals surface area (Å²) < 4.78 is 0. The summed E-state index contributed by atoms with van der Waals surface area (Å²) in [5, 5.41) is 0. The lowest BCUT2D eigenvalue weighted by Gasteiger charge is -1.95. The van der Waals surface area contributed by atoms with E-state index in [1.165, 1.54) is 0 Å². The Labute approximate surface area is 90.1 Å². The molecule has 0 saturated carbocycles. The zero-order chi connectivity index (χ0) is 11.9. The molecule has 0 aliphatic carbocycles. The van der Waals surface area contributed by atoms with Gasteiger partial charge in [-0.1, -0.05) is 13.8 Å². The number of H-pyrrole nitrogens is 3. The van der Waals surface area contributed by atoms with Crippen molar-refractivity contribution in [2.75, 3.05) is 5.73 Å². The molecule has 7 heteroatoms. The number of ketones is 1. The van der Waals surface area contributed by atoms with Crippen LogP contribution in [0.25, 0.3) is 11.2 Å². The number of anilines is 1. The minimum Gasteiger partial charge on any atom is -0.316 e. The molecule has 0 atom stereocenters. The van der Waals surface area contributed by atoms with Gasteiger partial charge in [0.2, 0.25) is 11.6 Å². The minimum absolute atomic E-state index is 0.104. The van der Waals surface area contributed by atoms with E-state index in [2.05, 4.69) is 19.9 Å². The van der Waals surface area contributed by atoms with Crippen molar-refractivity contribution >= 4 is 22.9 Å². The fourth-order valence-electron chi connectivity index (χ4n) is 1.36. The van der Waals surface area contributed by atoms with Gasteiger partial charge in [0.15, 0.2) is 5.52 Å². The van der Waals surface area contributed by atoms with Gasteiger partial charge < -0.3 is 10.7 Å². The first-order chi connectivity index (χ1) is 7.49. The summed E-state index contributed by atoms with van der Waals surface area (Å²) in [5.74, 6) is -0.0653. The first-order valence-corrected chi connectivity index (χ1v) is 4.84. The molecular weight excluding hydrogens is 210 g/mol. The summed E-state index contributed by atoms with van der Waals surface area (Å²) in [6.45, 7) is 3.52. The lowest BCUT2D eigenvalue weighted by Crippen LogP contribution is -2.21. The zero-order valence-corrected chi connectivity index (χ0v) is 8.92. The number of aromatic nitrogens is 4. The Morgan fingerprint density at radius 3 is 2.75 bits per heavy atom. The predicted octanol–water partition coefficient (Wildman–Crippen LogP) is -0.514. The number of nitrogens with two attached hydrogens (primary N) is 1. The van der Waals surface area contributed by atoms with Crippen LogP contribution in [0.1, 0.15) is 24.5 Å². The molecule has 5 N–H and O–H groups in total. The van der Waals surface area contributed by atoms with Gasteiger partial charge in [0.25, 0.3) is 5.65 Å². The van der Waals surface area contributed by atoms with E-state index in [-0.39, 0.29) is 34.6 Å². The van der Waals surface area contributed by atoms with Gasteiger partial charge in [0.1, 0.15) is 0 Å². The molecule has 0 aliphatic heterocycles. The number of rotatable bonds is 2. The molecule has 0 aromatic carbocycles. The van der Waals surface area contributed by atoms with E-state index in [0.29, 0.717) is 0 Å². The van der Waals surface area contributed by atoms with Crippen LogP contribution in [-0.4, -0.2) is 20.7 Å². The van der Waals surface area contributed by atoms with Gasteiger partial charge >= 0.3 is 11.5 Å². The average Bonchev–Trinajstić information content (AvgIpc) is 2.60. The first kappa shape index (κ1) is 10.3. The normalized spacial score (nSPS) is 11.2. The van der Waals surface area contributed by atoms with Crippen LogP contribution in [0.2, 0.25) is 0 Å². The highest BCUT2D eigenvalue weighted by molar-refractivity contribution is 5.96. The predicted molar refractivity (Wildman–Crippen MR) is 56.9 cm³/mol. The van der Waals surface area contributed by atoms with Crippen LogP contribution in [0.5, 0.6) is 0 Å². The van der Waals surface area contributed by atoms with Crippen molar-refractivity contribution in [3.8, 4) is 0 Å². The molecule has 7 nitrogen and oxygen atoms in total. The Morgan fingerprint density at radius 1 is 1.44 bits per heavy atom. The molecule has 0 amide bonds. The fraction of sp³-hybridized carbons (Fsp3) is 0.333. The summed E-state index contributed by atoms with van der Waals surface area (Å²) in [4.78, 5) is 34.9. The number of nitrogen functional groups attached to an aromatic ring is 1. The maximum Gasteiger partial charge on any atom is 0.322 e. The Kier molecular flexibility index (Phi) is 2.22. The number of imidazole rings is 1. The molecule has 2 aromatic heterocycles. The number of nitrogens with one attached hydrogen (secondary N) is 3. The average molecular weight is 222 g/mol. The Balaban J connectivity index is 2.65. The monoisotopic (exact) mass is 222 g/mol. The molecule has 2 aromatic rings. The first-order valence-electron chi connectivity index (χ1n) is 4.84. The second-order valence-corrected chi connectivity index (χ2v) is 3.82. The molecule has 0 aliphatic rings. The Hall–Kier alpha value is -2.18. The van der Waals surface area contributed by atoms with Crippen LogP contribution in [0, 0.1) is 5.92 Å². The van der Waals surface area contributed by atoms with Crippen molar-refractivity contribution in [1.82, 2.24) is 15.0 Å². The number of aromatic amines is 3. The minimum atomic E-state index is -0.401. The number of carbonyl (C=O) groups excluding carboxylic acids is 1. The molecule has 0 spiro atoms.